The molecule has 4 rings (SSSR count). The van der Waals surface area contributed by atoms with Gasteiger partial charge < -0.3 is 24.3 Å². The Morgan fingerprint density at radius 1 is 1.13 bits per heavy atom. The van der Waals surface area contributed by atoms with Crippen LogP contribution in [0.5, 0.6) is 5.75 Å². The minimum Gasteiger partial charge on any atom is -0.496 e. The van der Waals surface area contributed by atoms with Crippen molar-refractivity contribution < 1.29 is 14.3 Å². The zero-order chi connectivity index (χ0) is 20.9. The fourth-order valence-electron chi connectivity index (χ4n) is 3.51. The summed E-state index contributed by atoms with van der Waals surface area (Å²) in [7, 11) is 1.55. The molecule has 156 valence electrons. The predicted octanol–water partition coefficient (Wildman–Crippen LogP) is 3.91. The standard InChI is InChI=1S/C23H24ClN3O3/c1-29-22-15-21(27-8-2-3-9-27)20(24)14-19(22)23(28)25-16-17-4-6-18(7-5-17)26-10-12-30-13-11-26/h2-9,14-15H,10-13,16H2,1H3,(H,25,28). The highest BCUT2D eigenvalue weighted by Crippen LogP contribution is 2.30. The van der Waals surface area contributed by atoms with Crippen molar-refractivity contribution in [3.63, 3.8) is 0 Å². The van der Waals surface area contributed by atoms with Crippen molar-refractivity contribution in [1.29, 1.82) is 0 Å². The van der Waals surface area contributed by atoms with E-state index in [1.807, 2.05) is 41.2 Å². The van der Waals surface area contributed by atoms with E-state index in [2.05, 4.69) is 22.3 Å². The number of carbonyl (C=O) groups excluding carboxylic acids is 1. The summed E-state index contributed by atoms with van der Waals surface area (Å²) in [4.78, 5) is 15.1. The molecule has 1 aromatic heterocycles. The van der Waals surface area contributed by atoms with Crippen LogP contribution >= 0.6 is 11.6 Å². The summed E-state index contributed by atoms with van der Waals surface area (Å²) in [5.41, 5.74) is 3.36. The second-order valence-electron chi connectivity index (χ2n) is 7.04. The van der Waals surface area contributed by atoms with Crippen LogP contribution in [0.15, 0.2) is 60.9 Å². The third-order valence-electron chi connectivity index (χ3n) is 5.16. The van der Waals surface area contributed by atoms with Gasteiger partial charge in [0.25, 0.3) is 5.91 Å². The fourth-order valence-corrected chi connectivity index (χ4v) is 3.77. The number of morpholine rings is 1. The number of aromatic nitrogens is 1. The van der Waals surface area contributed by atoms with Crippen LogP contribution in [-0.2, 0) is 11.3 Å². The van der Waals surface area contributed by atoms with Crippen molar-refractivity contribution in [2.75, 3.05) is 38.3 Å². The number of carbonyl (C=O) groups is 1. The molecule has 1 aliphatic rings. The summed E-state index contributed by atoms with van der Waals surface area (Å²) in [6, 6.07) is 15.5. The van der Waals surface area contributed by atoms with Crippen molar-refractivity contribution >= 4 is 23.2 Å². The number of methoxy groups -OCH3 is 1. The lowest BCUT2D eigenvalue weighted by Crippen LogP contribution is -2.36. The molecule has 0 saturated carbocycles. The van der Waals surface area contributed by atoms with Crippen LogP contribution in [0, 0.1) is 0 Å². The lowest BCUT2D eigenvalue weighted by atomic mass is 10.1. The molecule has 0 atom stereocenters. The molecule has 6 nitrogen and oxygen atoms in total. The Kier molecular flexibility index (Phi) is 6.26. The minimum atomic E-state index is -0.231. The molecule has 7 heteroatoms. The fraction of sp³-hybridized carbons (Fsp3) is 0.261. The number of hydrogen-bond donors (Lipinski definition) is 1. The first-order valence-electron chi connectivity index (χ1n) is 9.86. The van der Waals surface area contributed by atoms with Gasteiger partial charge in [-0.1, -0.05) is 23.7 Å². The third-order valence-corrected chi connectivity index (χ3v) is 5.46. The van der Waals surface area contributed by atoms with Gasteiger partial charge in [-0.25, -0.2) is 0 Å². The maximum atomic E-state index is 12.8. The molecule has 0 radical (unpaired) electrons. The Morgan fingerprint density at radius 3 is 2.50 bits per heavy atom. The van der Waals surface area contributed by atoms with Gasteiger partial charge in [0.2, 0.25) is 0 Å². The van der Waals surface area contributed by atoms with Crippen LogP contribution < -0.4 is 15.0 Å². The van der Waals surface area contributed by atoms with Crippen LogP contribution in [0.4, 0.5) is 5.69 Å². The molecular weight excluding hydrogens is 402 g/mol. The number of nitrogens with one attached hydrogen (secondary N) is 1. The summed E-state index contributed by atoms with van der Waals surface area (Å²) >= 11 is 6.43. The number of nitrogens with zero attached hydrogens (tertiary/aromatic N) is 2. The maximum absolute atomic E-state index is 12.8. The monoisotopic (exact) mass is 425 g/mol. The molecule has 1 fully saturated rings. The molecule has 0 aliphatic carbocycles. The van der Waals surface area contributed by atoms with E-state index in [-0.39, 0.29) is 5.91 Å². The smallest absolute Gasteiger partial charge is 0.255 e. The van der Waals surface area contributed by atoms with Crippen LogP contribution in [0.2, 0.25) is 5.02 Å². The number of ether oxygens (including phenoxy) is 2. The van der Waals surface area contributed by atoms with Gasteiger partial charge in [-0.3, -0.25) is 4.79 Å². The highest BCUT2D eigenvalue weighted by Gasteiger charge is 2.17. The van der Waals surface area contributed by atoms with E-state index in [1.165, 1.54) is 5.69 Å². The summed E-state index contributed by atoms with van der Waals surface area (Å²) < 4.78 is 12.7. The molecule has 2 heterocycles. The SMILES string of the molecule is COc1cc(-n2cccc2)c(Cl)cc1C(=O)NCc1ccc(N2CCOCC2)cc1. The second-order valence-corrected chi connectivity index (χ2v) is 7.45. The number of rotatable bonds is 6. The van der Waals surface area contributed by atoms with Crippen LogP contribution in [0.25, 0.3) is 5.69 Å². The highest BCUT2D eigenvalue weighted by atomic mass is 35.5. The Bertz CT molecular complexity index is 997. The van der Waals surface area contributed by atoms with Gasteiger partial charge in [-0.15, -0.1) is 0 Å². The molecule has 0 spiro atoms. The number of benzene rings is 2. The summed E-state index contributed by atoms with van der Waals surface area (Å²) in [6.07, 6.45) is 3.78. The van der Waals surface area contributed by atoms with Crippen molar-refractivity contribution in [2.24, 2.45) is 0 Å². The first-order valence-corrected chi connectivity index (χ1v) is 10.2. The summed E-state index contributed by atoms with van der Waals surface area (Å²) in [5, 5.41) is 3.43. The molecular formula is C23H24ClN3O3. The number of anilines is 1. The van der Waals surface area contributed by atoms with E-state index in [0.29, 0.717) is 22.9 Å². The van der Waals surface area contributed by atoms with E-state index in [4.69, 9.17) is 21.1 Å². The quantitative estimate of drug-likeness (QED) is 0.650. The maximum Gasteiger partial charge on any atom is 0.255 e. The van der Waals surface area contributed by atoms with Gasteiger partial charge in [0.05, 0.1) is 36.6 Å². The van der Waals surface area contributed by atoms with Gasteiger partial charge in [0, 0.05) is 43.8 Å². The first kappa shape index (κ1) is 20.3. The topological polar surface area (TPSA) is 55.7 Å². The van der Waals surface area contributed by atoms with E-state index in [0.717, 1.165) is 37.6 Å². The van der Waals surface area contributed by atoms with Gasteiger partial charge in [-0.05, 0) is 35.9 Å². The largest absolute Gasteiger partial charge is 0.496 e. The van der Waals surface area contributed by atoms with Crippen LogP contribution in [0.3, 0.4) is 0 Å². The van der Waals surface area contributed by atoms with E-state index < -0.39 is 0 Å². The van der Waals surface area contributed by atoms with Crippen molar-refractivity contribution in [3.05, 3.63) is 77.1 Å². The molecule has 1 amide bonds. The molecule has 1 aliphatic heterocycles. The molecule has 1 N–H and O–H groups in total. The van der Waals surface area contributed by atoms with Crippen molar-refractivity contribution in [2.45, 2.75) is 6.54 Å². The Labute approximate surface area is 181 Å². The lowest BCUT2D eigenvalue weighted by Gasteiger charge is -2.28. The van der Waals surface area contributed by atoms with Gasteiger partial charge in [0.1, 0.15) is 5.75 Å². The highest BCUT2D eigenvalue weighted by molar-refractivity contribution is 6.33. The van der Waals surface area contributed by atoms with Gasteiger partial charge >= 0.3 is 0 Å². The Hall–Kier alpha value is -2.96. The van der Waals surface area contributed by atoms with Crippen molar-refractivity contribution in [1.82, 2.24) is 9.88 Å². The molecule has 2 aromatic carbocycles. The Balaban J connectivity index is 1.44. The van der Waals surface area contributed by atoms with Gasteiger partial charge in [-0.2, -0.15) is 0 Å². The Morgan fingerprint density at radius 2 is 1.83 bits per heavy atom. The van der Waals surface area contributed by atoms with Gasteiger partial charge in [0.15, 0.2) is 0 Å². The number of amides is 1. The number of hydrogen-bond acceptors (Lipinski definition) is 4. The summed E-state index contributed by atoms with van der Waals surface area (Å²) in [5.74, 6) is 0.244. The third kappa shape index (κ3) is 4.45. The zero-order valence-corrected chi connectivity index (χ0v) is 17.6. The average molecular weight is 426 g/mol. The lowest BCUT2D eigenvalue weighted by molar-refractivity contribution is 0.0948. The van der Waals surface area contributed by atoms with E-state index >= 15 is 0 Å². The minimum absolute atomic E-state index is 0.231. The zero-order valence-electron chi connectivity index (χ0n) is 16.8. The predicted molar refractivity (Wildman–Crippen MR) is 118 cm³/mol. The molecule has 3 aromatic rings. The second kappa shape index (κ2) is 9.24. The molecule has 1 saturated heterocycles. The first-order chi connectivity index (χ1) is 14.7. The molecule has 30 heavy (non-hydrogen) atoms. The van der Waals surface area contributed by atoms with E-state index in [1.54, 1.807) is 19.2 Å². The normalized spacial score (nSPS) is 13.9. The number of halogens is 1. The van der Waals surface area contributed by atoms with Crippen molar-refractivity contribution in [3.8, 4) is 11.4 Å². The van der Waals surface area contributed by atoms with E-state index in [9.17, 15) is 4.79 Å². The molecule has 0 bridgehead atoms. The summed E-state index contributed by atoms with van der Waals surface area (Å²) in [6.45, 7) is 3.73. The average Bonchev–Trinajstić information content (AvgIpc) is 3.33. The van der Waals surface area contributed by atoms with Crippen LogP contribution in [0.1, 0.15) is 15.9 Å². The van der Waals surface area contributed by atoms with Crippen LogP contribution in [-0.4, -0.2) is 43.9 Å². The molecule has 0 unspecified atom stereocenters.